The molecule has 1 aliphatic rings. The maximum Gasteiger partial charge on any atom is 0.295 e. The molecule has 7 heteroatoms. The highest BCUT2D eigenvalue weighted by molar-refractivity contribution is 8.18. The van der Waals surface area contributed by atoms with E-state index in [2.05, 4.69) is 5.32 Å². The van der Waals surface area contributed by atoms with Crippen LogP contribution in [0, 0.1) is 0 Å². The van der Waals surface area contributed by atoms with Crippen LogP contribution in [0.1, 0.15) is 5.56 Å². The van der Waals surface area contributed by atoms with Crippen molar-refractivity contribution in [3.8, 4) is 5.75 Å². The molecule has 25 heavy (non-hydrogen) atoms. The Morgan fingerprint density at radius 2 is 2.00 bits per heavy atom. The van der Waals surface area contributed by atoms with Gasteiger partial charge in [0.05, 0.1) is 24.4 Å². The van der Waals surface area contributed by atoms with E-state index in [1.807, 2.05) is 24.3 Å². The molecule has 1 aliphatic heterocycles. The van der Waals surface area contributed by atoms with Gasteiger partial charge in [0.1, 0.15) is 5.75 Å². The average Bonchev–Trinajstić information content (AvgIpc) is 2.87. The highest BCUT2D eigenvalue weighted by atomic mass is 35.5. The number of hydrogen-bond donors (Lipinski definition) is 1. The molecule has 1 N–H and O–H groups in total. The number of imide groups is 1. The number of nitrogens with one attached hydrogen (secondary N) is 1. The number of nitrogens with zero attached hydrogens (tertiary/aromatic N) is 1. The molecule has 1 fully saturated rings. The molecule has 2 amide bonds. The fraction of sp³-hybridized carbons (Fsp3) is 0.111. The Bertz CT molecular complexity index is 854. The smallest absolute Gasteiger partial charge is 0.295 e. The lowest BCUT2D eigenvalue weighted by Crippen LogP contribution is -2.33. The second kappa shape index (κ2) is 7.63. The van der Waals surface area contributed by atoms with Crippen LogP contribution >= 0.6 is 23.4 Å². The van der Waals surface area contributed by atoms with Gasteiger partial charge in [0, 0.05) is 5.02 Å². The highest BCUT2D eigenvalue weighted by Crippen LogP contribution is 2.33. The van der Waals surface area contributed by atoms with Crippen molar-refractivity contribution in [3.05, 3.63) is 64.0 Å². The Morgan fingerprint density at radius 3 is 2.76 bits per heavy atom. The molecular formula is C18H15ClN2O3S. The Morgan fingerprint density at radius 1 is 1.20 bits per heavy atom. The molecule has 2 aromatic carbocycles. The van der Waals surface area contributed by atoms with Gasteiger partial charge in [0.25, 0.3) is 11.1 Å². The minimum absolute atomic E-state index is 0.0674. The van der Waals surface area contributed by atoms with Crippen LogP contribution in [0.2, 0.25) is 5.02 Å². The lowest BCUT2D eigenvalue weighted by atomic mass is 10.2. The van der Waals surface area contributed by atoms with E-state index >= 15 is 0 Å². The molecule has 0 bridgehead atoms. The van der Waals surface area contributed by atoms with Gasteiger partial charge in [0.15, 0.2) is 0 Å². The minimum Gasteiger partial charge on any atom is -0.495 e. The summed E-state index contributed by atoms with van der Waals surface area (Å²) < 4.78 is 5.25. The van der Waals surface area contributed by atoms with E-state index in [0.29, 0.717) is 21.4 Å². The van der Waals surface area contributed by atoms with Crippen molar-refractivity contribution >= 4 is 46.3 Å². The summed E-state index contributed by atoms with van der Waals surface area (Å²) in [4.78, 5) is 26.2. The standard InChI is InChI=1S/C18H15ClN2O3S/c1-24-15-8-3-2-7-14(15)20-11-21-17(22)16(25-18(21)23)10-12-5-4-6-13(19)9-12/h2-10,20H,11H2,1H3. The molecule has 1 saturated heterocycles. The van der Waals surface area contributed by atoms with Gasteiger partial charge in [-0.15, -0.1) is 0 Å². The Hall–Kier alpha value is -2.44. The number of para-hydroxylation sites is 2. The number of carbonyl (C=O) groups is 2. The molecule has 0 spiro atoms. The van der Waals surface area contributed by atoms with Gasteiger partial charge in [-0.05, 0) is 47.7 Å². The first kappa shape index (κ1) is 17.4. The predicted octanol–water partition coefficient (Wildman–Crippen LogP) is 4.45. The second-order valence-electron chi connectivity index (χ2n) is 5.20. The highest BCUT2D eigenvalue weighted by Gasteiger charge is 2.34. The van der Waals surface area contributed by atoms with E-state index in [9.17, 15) is 9.59 Å². The molecule has 1 heterocycles. The maximum absolute atomic E-state index is 12.5. The Balaban J connectivity index is 1.73. The molecule has 3 rings (SSSR count). The van der Waals surface area contributed by atoms with Gasteiger partial charge in [-0.2, -0.15) is 0 Å². The summed E-state index contributed by atoms with van der Waals surface area (Å²) in [6.45, 7) is 0.0674. The Kier molecular flexibility index (Phi) is 5.31. The maximum atomic E-state index is 12.5. The van der Waals surface area contributed by atoms with Gasteiger partial charge < -0.3 is 10.1 Å². The topological polar surface area (TPSA) is 58.6 Å². The molecule has 5 nitrogen and oxygen atoms in total. The number of anilines is 1. The second-order valence-corrected chi connectivity index (χ2v) is 6.63. The van der Waals surface area contributed by atoms with Crippen molar-refractivity contribution in [2.24, 2.45) is 0 Å². The zero-order valence-corrected chi connectivity index (χ0v) is 14.9. The SMILES string of the molecule is COc1ccccc1NCN1C(=O)SC(=Cc2cccc(Cl)c2)C1=O. The molecule has 0 saturated carbocycles. The van der Waals surface area contributed by atoms with E-state index in [1.54, 1.807) is 37.5 Å². The van der Waals surface area contributed by atoms with E-state index in [1.165, 1.54) is 0 Å². The normalized spacial score (nSPS) is 15.8. The number of amides is 2. The van der Waals surface area contributed by atoms with E-state index in [-0.39, 0.29) is 17.8 Å². The molecule has 0 aliphatic carbocycles. The molecule has 0 aromatic heterocycles. The summed E-state index contributed by atoms with van der Waals surface area (Å²) in [6, 6.07) is 14.4. The molecule has 2 aromatic rings. The van der Waals surface area contributed by atoms with Crippen LogP contribution in [0.5, 0.6) is 5.75 Å². The number of halogens is 1. The number of methoxy groups -OCH3 is 1. The average molecular weight is 375 g/mol. The third-order valence-electron chi connectivity index (χ3n) is 3.55. The molecule has 0 radical (unpaired) electrons. The van der Waals surface area contributed by atoms with Gasteiger partial charge in [-0.3, -0.25) is 14.5 Å². The number of hydrogen-bond acceptors (Lipinski definition) is 5. The van der Waals surface area contributed by atoms with Crippen LogP contribution in [-0.2, 0) is 4.79 Å². The number of thioether (sulfide) groups is 1. The van der Waals surface area contributed by atoms with Gasteiger partial charge in [0.2, 0.25) is 0 Å². The third-order valence-corrected chi connectivity index (χ3v) is 4.70. The van der Waals surface area contributed by atoms with Crippen molar-refractivity contribution in [3.63, 3.8) is 0 Å². The summed E-state index contributed by atoms with van der Waals surface area (Å²) in [5.41, 5.74) is 1.48. The van der Waals surface area contributed by atoms with E-state index in [4.69, 9.17) is 16.3 Å². The number of benzene rings is 2. The first-order chi connectivity index (χ1) is 12.1. The van der Waals surface area contributed by atoms with Crippen LogP contribution < -0.4 is 10.1 Å². The minimum atomic E-state index is -0.336. The fourth-order valence-electron chi connectivity index (χ4n) is 2.34. The Labute approximate surface area is 154 Å². The summed E-state index contributed by atoms with van der Waals surface area (Å²) >= 11 is 6.86. The summed E-state index contributed by atoms with van der Waals surface area (Å²) in [7, 11) is 1.56. The van der Waals surface area contributed by atoms with Crippen LogP contribution in [0.4, 0.5) is 10.5 Å². The summed E-state index contributed by atoms with van der Waals surface area (Å²) in [6.07, 6.45) is 1.67. The van der Waals surface area contributed by atoms with Crippen molar-refractivity contribution < 1.29 is 14.3 Å². The van der Waals surface area contributed by atoms with Crippen molar-refractivity contribution in [2.45, 2.75) is 0 Å². The van der Waals surface area contributed by atoms with Crippen molar-refractivity contribution in [1.29, 1.82) is 0 Å². The monoisotopic (exact) mass is 374 g/mol. The van der Waals surface area contributed by atoms with Crippen LogP contribution in [0.15, 0.2) is 53.4 Å². The van der Waals surface area contributed by atoms with Crippen molar-refractivity contribution in [1.82, 2.24) is 4.90 Å². The number of rotatable bonds is 5. The van der Waals surface area contributed by atoms with E-state index in [0.717, 1.165) is 22.2 Å². The van der Waals surface area contributed by atoms with Gasteiger partial charge in [-0.1, -0.05) is 35.9 Å². The molecule has 0 atom stereocenters. The van der Waals surface area contributed by atoms with Gasteiger partial charge >= 0.3 is 0 Å². The summed E-state index contributed by atoms with van der Waals surface area (Å²) in [5.74, 6) is 0.307. The third kappa shape index (κ3) is 3.97. The van der Waals surface area contributed by atoms with E-state index < -0.39 is 0 Å². The lowest BCUT2D eigenvalue weighted by molar-refractivity contribution is -0.122. The number of ether oxygens (including phenoxy) is 1. The van der Waals surface area contributed by atoms with Gasteiger partial charge in [-0.25, -0.2) is 0 Å². The molecule has 128 valence electrons. The summed E-state index contributed by atoms with van der Waals surface area (Å²) in [5, 5.41) is 3.31. The quantitative estimate of drug-likeness (QED) is 0.783. The van der Waals surface area contributed by atoms with Crippen LogP contribution in [0.3, 0.4) is 0 Å². The lowest BCUT2D eigenvalue weighted by Gasteiger charge is -2.16. The zero-order valence-electron chi connectivity index (χ0n) is 13.4. The number of carbonyl (C=O) groups excluding carboxylic acids is 2. The first-order valence-electron chi connectivity index (χ1n) is 7.46. The van der Waals surface area contributed by atoms with Crippen molar-refractivity contribution in [2.75, 3.05) is 19.1 Å². The first-order valence-corrected chi connectivity index (χ1v) is 8.66. The zero-order chi connectivity index (χ0) is 17.8. The molecule has 0 unspecified atom stereocenters. The fourth-order valence-corrected chi connectivity index (χ4v) is 3.38. The predicted molar refractivity (Wildman–Crippen MR) is 101 cm³/mol. The van der Waals surface area contributed by atoms with Crippen LogP contribution in [0.25, 0.3) is 6.08 Å². The van der Waals surface area contributed by atoms with Crippen LogP contribution in [-0.4, -0.2) is 29.8 Å². The molecular weight excluding hydrogens is 360 g/mol. The largest absolute Gasteiger partial charge is 0.495 e.